The number of benzene rings is 1. The van der Waals surface area contributed by atoms with E-state index in [0.717, 1.165) is 0 Å². The number of hydrogen-bond donors (Lipinski definition) is 1. The van der Waals surface area contributed by atoms with Crippen LogP contribution in [0.2, 0.25) is 0 Å². The van der Waals surface area contributed by atoms with Gasteiger partial charge in [0.05, 0.1) is 24.8 Å². The van der Waals surface area contributed by atoms with E-state index < -0.39 is 6.09 Å². The molecular weight excluding hydrogens is 314 g/mol. The Kier molecular flexibility index (Phi) is 5.47. The summed E-state index contributed by atoms with van der Waals surface area (Å²) in [6, 6.07) is 4.50. The second-order valence-electron chi connectivity index (χ2n) is 5.16. The van der Waals surface area contributed by atoms with Crippen LogP contribution >= 0.6 is 0 Å². The highest BCUT2D eigenvalue weighted by Gasteiger charge is 2.27. The maximum Gasteiger partial charge on any atom is 0.409 e. The Bertz CT molecular complexity index is 675. The van der Waals surface area contributed by atoms with E-state index in [9.17, 15) is 20.0 Å². The van der Waals surface area contributed by atoms with E-state index in [4.69, 9.17) is 9.47 Å². The number of ether oxygens (including phenoxy) is 2. The van der Waals surface area contributed by atoms with Crippen LogP contribution in [-0.2, 0) is 4.74 Å². The van der Waals surface area contributed by atoms with Crippen molar-refractivity contribution in [2.45, 2.75) is 6.92 Å². The van der Waals surface area contributed by atoms with E-state index in [1.165, 1.54) is 29.0 Å². The lowest BCUT2D eigenvalue weighted by Crippen LogP contribution is -2.50. The van der Waals surface area contributed by atoms with Crippen LogP contribution in [0.1, 0.15) is 22.8 Å². The Labute approximate surface area is 139 Å². The number of carbonyl (C=O) groups is 2. The summed E-state index contributed by atoms with van der Waals surface area (Å²) in [6.45, 7) is 3.40. The van der Waals surface area contributed by atoms with Crippen molar-refractivity contribution in [1.82, 2.24) is 9.80 Å². The Hall–Kier alpha value is -2.95. The van der Waals surface area contributed by atoms with Crippen molar-refractivity contribution in [3.05, 3.63) is 23.3 Å². The van der Waals surface area contributed by atoms with Gasteiger partial charge in [-0.3, -0.25) is 4.79 Å². The van der Waals surface area contributed by atoms with Gasteiger partial charge in [-0.05, 0) is 13.0 Å². The zero-order valence-electron chi connectivity index (χ0n) is 13.6. The molecule has 0 saturated carbocycles. The molecule has 1 aromatic carbocycles. The van der Waals surface area contributed by atoms with Gasteiger partial charge in [0, 0.05) is 32.2 Å². The van der Waals surface area contributed by atoms with Gasteiger partial charge in [0.2, 0.25) is 0 Å². The highest BCUT2D eigenvalue weighted by atomic mass is 16.6. The molecule has 1 N–H and O–H groups in total. The van der Waals surface area contributed by atoms with E-state index >= 15 is 0 Å². The molecule has 1 aliphatic heterocycles. The van der Waals surface area contributed by atoms with Crippen LogP contribution in [-0.4, -0.2) is 66.8 Å². The number of hydrogen-bond acceptors (Lipinski definition) is 6. The van der Waals surface area contributed by atoms with E-state index in [1.807, 2.05) is 6.07 Å². The van der Waals surface area contributed by atoms with Gasteiger partial charge in [-0.2, -0.15) is 5.26 Å². The zero-order valence-corrected chi connectivity index (χ0v) is 13.6. The van der Waals surface area contributed by atoms with Crippen LogP contribution in [0.15, 0.2) is 12.1 Å². The topological polar surface area (TPSA) is 103 Å². The average Bonchev–Trinajstić information content (AvgIpc) is 2.61. The Balaban J connectivity index is 2.12. The molecule has 8 nitrogen and oxygen atoms in total. The van der Waals surface area contributed by atoms with E-state index in [2.05, 4.69) is 0 Å². The minimum Gasteiger partial charge on any atom is -0.504 e. The predicted octanol–water partition coefficient (Wildman–Crippen LogP) is 1.19. The molecule has 1 aromatic rings. The van der Waals surface area contributed by atoms with Crippen LogP contribution in [0.5, 0.6) is 11.5 Å². The zero-order chi connectivity index (χ0) is 17.7. The molecule has 0 atom stereocenters. The highest BCUT2D eigenvalue weighted by Crippen LogP contribution is 2.30. The Morgan fingerprint density at radius 1 is 1.25 bits per heavy atom. The van der Waals surface area contributed by atoms with Gasteiger partial charge in [0.1, 0.15) is 6.07 Å². The first-order valence-electron chi connectivity index (χ1n) is 7.53. The molecule has 1 aliphatic rings. The quantitative estimate of drug-likeness (QED) is 0.891. The van der Waals surface area contributed by atoms with Gasteiger partial charge < -0.3 is 24.4 Å². The van der Waals surface area contributed by atoms with Crippen molar-refractivity contribution in [2.24, 2.45) is 0 Å². The molecule has 1 saturated heterocycles. The lowest BCUT2D eigenvalue weighted by Gasteiger charge is -2.34. The smallest absolute Gasteiger partial charge is 0.409 e. The second kappa shape index (κ2) is 7.55. The SMILES string of the molecule is CCOC(=O)N1CCN(C(=O)c2cc(O)c(OC)cc2C#N)CC1. The fourth-order valence-electron chi connectivity index (χ4n) is 2.48. The Morgan fingerprint density at radius 3 is 2.42 bits per heavy atom. The van der Waals surface area contributed by atoms with Gasteiger partial charge in [-0.25, -0.2) is 4.79 Å². The molecule has 0 bridgehead atoms. The second-order valence-corrected chi connectivity index (χ2v) is 5.16. The summed E-state index contributed by atoms with van der Waals surface area (Å²) < 4.78 is 9.88. The average molecular weight is 333 g/mol. The molecule has 0 unspecified atom stereocenters. The summed E-state index contributed by atoms with van der Waals surface area (Å²) in [5.74, 6) is -0.437. The number of aromatic hydroxyl groups is 1. The third-order valence-electron chi connectivity index (χ3n) is 3.76. The Morgan fingerprint density at radius 2 is 1.88 bits per heavy atom. The summed E-state index contributed by atoms with van der Waals surface area (Å²) in [7, 11) is 1.37. The molecular formula is C16H19N3O5. The summed E-state index contributed by atoms with van der Waals surface area (Å²) >= 11 is 0. The van der Waals surface area contributed by atoms with Gasteiger partial charge in [-0.15, -0.1) is 0 Å². The summed E-state index contributed by atoms with van der Waals surface area (Å²) in [5.41, 5.74) is 0.239. The lowest BCUT2D eigenvalue weighted by atomic mass is 10.1. The van der Waals surface area contributed by atoms with Crippen LogP contribution in [0, 0.1) is 11.3 Å². The maximum atomic E-state index is 12.6. The molecule has 128 valence electrons. The van der Waals surface area contributed by atoms with Gasteiger partial charge in [-0.1, -0.05) is 0 Å². The molecule has 0 radical (unpaired) electrons. The van der Waals surface area contributed by atoms with E-state index in [-0.39, 0.29) is 28.5 Å². The first kappa shape index (κ1) is 17.4. The van der Waals surface area contributed by atoms with Crippen molar-refractivity contribution >= 4 is 12.0 Å². The monoisotopic (exact) mass is 333 g/mol. The van der Waals surface area contributed by atoms with Gasteiger partial charge in [0.25, 0.3) is 5.91 Å². The highest BCUT2D eigenvalue weighted by molar-refractivity contribution is 5.97. The van der Waals surface area contributed by atoms with Crippen LogP contribution in [0.25, 0.3) is 0 Å². The minimum absolute atomic E-state index is 0.111. The molecule has 24 heavy (non-hydrogen) atoms. The largest absolute Gasteiger partial charge is 0.504 e. The number of phenolic OH excluding ortho intramolecular Hbond substituents is 1. The van der Waals surface area contributed by atoms with Crippen LogP contribution < -0.4 is 4.74 Å². The number of nitrogens with zero attached hydrogens (tertiary/aromatic N) is 3. The number of methoxy groups -OCH3 is 1. The summed E-state index contributed by atoms with van der Waals surface area (Å²) in [6.07, 6.45) is -0.399. The molecule has 0 aromatic heterocycles. The molecule has 1 fully saturated rings. The summed E-state index contributed by atoms with van der Waals surface area (Å²) in [4.78, 5) is 27.4. The standard InChI is InChI=1S/C16H19N3O5/c1-3-24-16(22)19-6-4-18(5-7-19)15(21)12-9-13(20)14(23-2)8-11(12)10-17/h8-9,20H,3-7H2,1-2H3. The van der Waals surface area contributed by atoms with E-state index in [0.29, 0.717) is 32.8 Å². The number of nitriles is 1. The maximum absolute atomic E-state index is 12.6. The number of amides is 2. The first-order valence-corrected chi connectivity index (χ1v) is 7.53. The third kappa shape index (κ3) is 3.51. The van der Waals surface area contributed by atoms with Gasteiger partial charge in [0.15, 0.2) is 11.5 Å². The fraction of sp³-hybridized carbons (Fsp3) is 0.438. The van der Waals surface area contributed by atoms with Gasteiger partial charge >= 0.3 is 6.09 Å². The normalized spacial score (nSPS) is 14.0. The number of carbonyl (C=O) groups excluding carboxylic acids is 2. The number of phenols is 1. The van der Waals surface area contributed by atoms with Crippen molar-refractivity contribution < 1.29 is 24.2 Å². The minimum atomic E-state index is -0.399. The molecule has 0 aliphatic carbocycles. The van der Waals surface area contributed by atoms with Crippen molar-refractivity contribution in [1.29, 1.82) is 5.26 Å². The predicted molar refractivity (Wildman–Crippen MR) is 83.9 cm³/mol. The molecule has 2 rings (SSSR count). The van der Waals surface area contributed by atoms with Crippen molar-refractivity contribution in [2.75, 3.05) is 39.9 Å². The fourth-order valence-corrected chi connectivity index (χ4v) is 2.48. The van der Waals surface area contributed by atoms with E-state index in [1.54, 1.807) is 6.92 Å². The molecule has 0 spiro atoms. The first-order chi connectivity index (χ1) is 11.5. The van der Waals surface area contributed by atoms with Crippen molar-refractivity contribution in [3.63, 3.8) is 0 Å². The third-order valence-corrected chi connectivity index (χ3v) is 3.76. The molecule has 8 heteroatoms. The van der Waals surface area contributed by atoms with Crippen LogP contribution in [0.4, 0.5) is 4.79 Å². The number of rotatable bonds is 3. The molecule has 1 heterocycles. The van der Waals surface area contributed by atoms with Crippen molar-refractivity contribution in [3.8, 4) is 17.6 Å². The molecule has 2 amide bonds. The number of piperazine rings is 1. The van der Waals surface area contributed by atoms with Crippen LogP contribution in [0.3, 0.4) is 0 Å². The summed E-state index contributed by atoms with van der Waals surface area (Å²) in [5, 5.41) is 19.1. The lowest BCUT2D eigenvalue weighted by molar-refractivity contribution is 0.0570.